The number of rotatable bonds is 5. The molecular weight excluding hydrogens is 232 g/mol. The molecule has 0 bridgehead atoms. The fourth-order valence-electron chi connectivity index (χ4n) is 2.43. The zero-order chi connectivity index (χ0) is 13.8. The Morgan fingerprint density at radius 2 is 2.06 bits per heavy atom. The molecule has 0 heterocycles. The minimum absolute atomic E-state index is 0.0660. The molecular formula is C13H24N2O3. The predicted molar refractivity (Wildman–Crippen MR) is 68.7 cm³/mol. The van der Waals surface area contributed by atoms with Gasteiger partial charge in [-0.15, -0.1) is 0 Å². The van der Waals surface area contributed by atoms with E-state index < -0.39 is 11.5 Å². The van der Waals surface area contributed by atoms with Crippen LogP contribution in [0.15, 0.2) is 0 Å². The Morgan fingerprint density at radius 3 is 2.61 bits per heavy atom. The first-order chi connectivity index (χ1) is 8.42. The molecule has 0 spiro atoms. The van der Waals surface area contributed by atoms with Gasteiger partial charge in [-0.25, -0.2) is 4.79 Å². The van der Waals surface area contributed by atoms with Crippen LogP contribution >= 0.6 is 0 Å². The van der Waals surface area contributed by atoms with Crippen LogP contribution in [0, 0.1) is 11.8 Å². The molecule has 1 amide bonds. The van der Waals surface area contributed by atoms with E-state index in [1.54, 1.807) is 20.8 Å². The van der Waals surface area contributed by atoms with Crippen LogP contribution in [-0.2, 0) is 14.3 Å². The van der Waals surface area contributed by atoms with Gasteiger partial charge in [-0.05, 0) is 46.1 Å². The molecule has 18 heavy (non-hydrogen) atoms. The van der Waals surface area contributed by atoms with Crippen molar-refractivity contribution in [2.45, 2.75) is 45.6 Å². The number of amides is 1. The summed E-state index contributed by atoms with van der Waals surface area (Å²) in [4.78, 5) is 23.9. The summed E-state index contributed by atoms with van der Waals surface area (Å²) in [5, 5.41) is 2.78. The second kappa shape index (κ2) is 6.18. The fourth-order valence-corrected chi connectivity index (χ4v) is 2.43. The first kappa shape index (κ1) is 15.0. The molecule has 0 aromatic heterocycles. The number of ether oxygens (including phenoxy) is 1. The number of nitrogens with one attached hydrogen (secondary N) is 1. The van der Waals surface area contributed by atoms with E-state index in [2.05, 4.69) is 5.32 Å². The number of hydrogen-bond donors (Lipinski definition) is 2. The Kier molecular flexibility index (Phi) is 5.14. The van der Waals surface area contributed by atoms with E-state index in [-0.39, 0.29) is 17.7 Å². The Hall–Kier alpha value is -1.10. The highest BCUT2D eigenvalue weighted by Gasteiger charge is 2.37. The highest BCUT2D eigenvalue weighted by molar-refractivity contribution is 5.88. The number of carbonyl (C=O) groups excluding carboxylic acids is 2. The normalized spacial score (nSPS) is 23.8. The van der Waals surface area contributed by atoms with E-state index >= 15 is 0 Å². The second-order valence-corrected chi connectivity index (χ2v) is 5.37. The van der Waals surface area contributed by atoms with Crippen LogP contribution in [0.2, 0.25) is 0 Å². The van der Waals surface area contributed by atoms with Gasteiger partial charge in [-0.1, -0.05) is 6.42 Å². The quantitative estimate of drug-likeness (QED) is 0.714. The van der Waals surface area contributed by atoms with Crippen LogP contribution in [0.1, 0.15) is 40.0 Å². The zero-order valence-electron chi connectivity index (χ0n) is 11.5. The summed E-state index contributed by atoms with van der Waals surface area (Å²) in [6.07, 6.45) is 2.88. The molecule has 0 radical (unpaired) electrons. The maximum absolute atomic E-state index is 12.2. The van der Waals surface area contributed by atoms with Gasteiger partial charge in [0.15, 0.2) is 0 Å². The lowest BCUT2D eigenvalue weighted by atomic mass is 9.94. The molecule has 5 nitrogen and oxygen atoms in total. The van der Waals surface area contributed by atoms with Crippen molar-refractivity contribution < 1.29 is 14.3 Å². The predicted octanol–water partition coefficient (Wildman–Crippen LogP) is 0.819. The van der Waals surface area contributed by atoms with Crippen molar-refractivity contribution in [2.24, 2.45) is 17.6 Å². The number of nitrogens with two attached hydrogens (primary N) is 1. The molecule has 1 aliphatic carbocycles. The summed E-state index contributed by atoms with van der Waals surface area (Å²) in [6, 6.07) is 0. The third kappa shape index (κ3) is 3.45. The van der Waals surface area contributed by atoms with E-state index in [4.69, 9.17) is 10.5 Å². The van der Waals surface area contributed by atoms with Crippen molar-refractivity contribution in [3.05, 3.63) is 0 Å². The fraction of sp³-hybridized carbons (Fsp3) is 0.846. The molecule has 0 unspecified atom stereocenters. The summed E-state index contributed by atoms with van der Waals surface area (Å²) in [5.41, 5.74) is 4.68. The van der Waals surface area contributed by atoms with E-state index in [9.17, 15) is 9.59 Å². The first-order valence-corrected chi connectivity index (χ1v) is 6.61. The van der Waals surface area contributed by atoms with E-state index in [1.165, 1.54) is 0 Å². The van der Waals surface area contributed by atoms with Gasteiger partial charge in [0.1, 0.15) is 5.54 Å². The van der Waals surface area contributed by atoms with Crippen molar-refractivity contribution in [1.82, 2.24) is 5.32 Å². The maximum Gasteiger partial charge on any atom is 0.331 e. The molecule has 104 valence electrons. The van der Waals surface area contributed by atoms with Crippen LogP contribution in [0.4, 0.5) is 0 Å². The SMILES string of the molecule is CCOC(=O)C(C)(C)NC(=O)[C@@H]1CCC[C@@H]1CN. The average molecular weight is 256 g/mol. The Morgan fingerprint density at radius 1 is 1.39 bits per heavy atom. The van der Waals surface area contributed by atoms with Gasteiger partial charge < -0.3 is 15.8 Å². The third-order valence-electron chi connectivity index (χ3n) is 3.52. The highest BCUT2D eigenvalue weighted by atomic mass is 16.5. The van der Waals surface area contributed by atoms with Gasteiger partial charge in [0.2, 0.25) is 5.91 Å². The standard InChI is InChI=1S/C13H24N2O3/c1-4-18-12(17)13(2,3)15-11(16)10-7-5-6-9(10)8-14/h9-10H,4-8,14H2,1-3H3,(H,15,16)/t9-,10-/m1/s1. The van der Waals surface area contributed by atoms with Gasteiger partial charge >= 0.3 is 5.97 Å². The second-order valence-electron chi connectivity index (χ2n) is 5.37. The average Bonchev–Trinajstić information content (AvgIpc) is 2.76. The molecule has 5 heteroatoms. The van der Waals surface area contributed by atoms with Crippen LogP contribution in [0.25, 0.3) is 0 Å². The van der Waals surface area contributed by atoms with Gasteiger partial charge in [-0.2, -0.15) is 0 Å². The van der Waals surface area contributed by atoms with Crippen LogP contribution < -0.4 is 11.1 Å². The molecule has 2 atom stereocenters. The smallest absolute Gasteiger partial charge is 0.331 e. The Labute approximate surface area is 108 Å². The Bertz CT molecular complexity index is 315. The Balaban J connectivity index is 2.60. The van der Waals surface area contributed by atoms with Gasteiger partial charge in [0.25, 0.3) is 0 Å². The highest BCUT2D eigenvalue weighted by Crippen LogP contribution is 2.31. The molecule has 1 rings (SSSR count). The topological polar surface area (TPSA) is 81.4 Å². The lowest BCUT2D eigenvalue weighted by Crippen LogP contribution is -2.53. The molecule has 1 fully saturated rings. The first-order valence-electron chi connectivity index (χ1n) is 6.61. The van der Waals surface area contributed by atoms with Crippen molar-refractivity contribution in [3.63, 3.8) is 0 Å². The van der Waals surface area contributed by atoms with Crippen molar-refractivity contribution >= 4 is 11.9 Å². The number of hydrogen-bond acceptors (Lipinski definition) is 4. The zero-order valence-corrected chi connectivity index (χ0v) is 11.5. The van der Waals surface area contributed by atoms with Gasteiger partial charge in [0.05, 0.1) is 6.61 Å². The minimum Gasteiger partial charge on any atom is -0.464 e. The van der Waals surface area contributed by atoms with E-state index in [0.29, 0.717) is 13.2 Å². The lowest BCUT2D eigenvalue weighted by Gasteiger charge is -2.27. The van der Waals surface area contributed by atoms with Gasteiger partial charge in [-0.3, -0.25) is 4.79 Å². The van der Waals surface area contributed by atoms with Crippen molar-refractivity contribution in [1.29, 1.82) is 0 Å². The van der Waals surface area contributed by atoms with E-state index in [0.717, 1.165) is 19.3 Å². The summed E-state index contributed by atoms with van der Waals surface area (Å²) in [7, 11) is 0. The molecule has 0 aromatic carbocycles. The largest absolute Gasteiger partial charge is 0.464 e. The van der Waals surface area contributed by atoms with Crippen LogP contribution in [0.5, 0.6) is 0 Å². The molecule has 3 N–H and O–H groups in total. The lowest BCUT2D eigenvalue weighted by molar-refractivity contribution is -0.152. The number of esters is 1. The monoisotopic (exact) mass is 256 g/mol. The summed E-state index contributed by atoms with van der Waals surface area (Å²) in [6.45, 7) is 5.91. The summed E-state index contributed by atoms with van der Waals surface area (Å²) >= 11 is 0. The molecule has 0 saturated heterocycles. The molecule has 0 aromatic rings. The molecule has 1 saturated carbocycles. The minimum atomic E-state index is -0.977. The number of carbonyl (C=O) groups is 2. The third-order valence-corrected chi connectivity index (χ3v) is 3.52. The molecule has 0 aliphatic heterocycles. The van der Waals surface area contributed by atoms with Gasteiger partial charge in [0, 0.05) is 5.92 Å². The summed E-state index contributed by atoms with van der Waals surface area (Å²) in [5.74, 6) is -0.312. The van der Waals surface area contributed by atoms with Crippen LogP contribution in [-0.4, -0.2) is 30.6 Å². The molecule has 1 aliphatic rings. The van der Waals surface area contributed by atoms with Crippen molar-refractivity contribution in [2.75, 3.05) is 13.2 Å². The maximum atomic E-state index is 12.2. The van der Waals surface area contributed by atoms with Crippen LogP contribution in [0.3, 0.4) is 0 Å². The summed E-state index contributed by atoms with van der Waals surface area (Å²) < 4.78 is 4.95. The van der Waals surface area contributed by atoms with E-state index in [1.807, 2.05) is 0 Å². The van der Waals surface area contributed by atoms with Crippen molar-refractivity contribution in [3.8, 4) is 0 Å².